The average Bonchev–Trinajstić information content (AvgIpc) is 2.84. The lowest BCUT2D eigenvalue weighted by Crippen LogP contribution is -1.78. The van der Waals surface area contributed by atoms with Crippen LogP contribution in [0.15, 0.2) is 40.8 Å². The molecule has 1 heterocycles. The van der Waals surface area contributed by atoms with Crippen molar-refractivity contribution >= 4 is 40.6 Å². The Kier molecular flexibility index (Phi) is 3.01. The lowest BCUT2D eigenvalue weighted by atomic mass is 10.2. The van der Waals surface area contributed by atoms with Crippen LogP contribution in [0.1, 0.15) is 10.4 Å². The zero-order chi connectivity index (χ0) is 13.4. The molecule has 0 amide bonds. The minimum Gasteiger partial charge on any atom is -0.436 e. The van der Waals surface area contributed by atoms with Gasteiger partial charge in [0.05, 0.1) is 10.0 Å². The molecular weight excluding hydrogens is 285 g/mol. The van der Waals surface area contributed by atoms with E-state index in [4.69, 9.17) is 27.6 Å². The van der Waals surface area contributed by atoms with E-state index in [0.29, 0.717) is 32.6 Å². The van der Waals surface area contributed by atoms with Gasteiger partial charge in [0, 0.05) is 11.1 Å². The average molecular weight is 292 g/mol. The maximum Gasteiger partial charge on any atom is 0.227 e. The predicted octanol–water partition coefficient (Wildman–Crippen LogP) is 4.61. The van der Waals surface area contributed by atoms with E-state index < -0.39 is 0 Å². The number of oxazole rings is 1. The molecule has 3 aromatic rings. The van der Waals surface area contributed by atoms with E-state index in [9.17, 15) is 4.79 Å². The van der Waals surface area contributed by atoms with Crippen LogP contribution in [0.5, 0.6) is 0 Å². The highest BCUT2D eigenvalue weighted by Crippen LogP contribution is 2.30. The number of halogens is 2. The van der Waals surface area contributed by atoms with Crippen molar-refractivity contribution in [2.24, 2.45) is 0 Å². The third kappa shape index (κ3) is 2.23. The van der Waals surface area contributed by atoms with Crippen LogP contribution in [0.4, 0.5) is 0 Å². The second-order valence-electron chi connectivity index (χ2n) is 3.99. The first-order chi connectivity index (χ1) is 9.17. The van der Waals surface area contributed by atoms with Gasteiger partial charge in [0.25, 0.3) is 0 Å². The Labute approximate surface area is 118 Å². The van der Waals surface area contributed by atoms with Gasteiger partial charge >= 0.3 is 0 Å². The number of aromatic nitrogens is 1. The summed E-state index contributed by atoms with van der Waals surface area (Å²) in [5.74, 6) is 0.441. The molecule has 3 nitrogen and oxygen atoms in total. The zero-order valence-electron chi connectivity index (χ0n) is 9.56. The Balaban J connectivity index is 2.14. The van der Waals surface area contributed by atoms with E-state index in [0.717, 1.165) is 11.8 Å². The summed E-state index contributed by atoms with van der Waals surface area (Å²) in [5.41, 5.74) is 2.53. The Morgan fingerprint density at radius 1 is 1.05 bits per heavy atom. The molecule has 0 N–H and O–H groups in total. The van der Waals surface area contributed by atoms with Gasteiger partial charge in [-0.05, 0) is 36.4 Å². The fraction of sp³-hybridized carbons (Fsp3) is 0. The zero-order valence-corrected chi connectivity index (χ0v) is 11.1. The van der Waals surface area contributed by atoms with Crippen LogP contribution in [0.25, 0.3) is 22.6 Å². The van der Waals surface area contributed by atoms with Gasteiger partial charge in [-0.3, -0.25) is 4.79 Å². The molecule has 0 aliphatic heterocycles. The molecule has 0 aliphatic rings. The monoisotopic (exact) mass is 291 g/mol. The molecule has 0 aliphatic carbocycles. The van der Waals surface area contributed by atoms with Crippen LogP contribution in [0.2, 0.25) is 10.0 Å². The van der Waals surface area contributed by atoms with Crippen molar-refractivity contribution in [3.05, 3.63) is 52.0 Å². The second-order valence-corrected chi connectivity index (χ2v) is 4.81. The minimum absolute atomic E-state index is 0.440. The Morgan fingerprint density at radius 3 is 2.63 bits per heavy atom. The number of hydrogen-bond acceptors (Lipinski definition) is 3. The molecule has 1 aromatic heterocycles. The van der Waals surface area contributed by atoms with E-state index >= 15 is 0 Å². The molecule has 0 atom stereocenters. The molecule has 0 unspecified atom stereocenters. The standard InChI is InChI=1S/C14H7Cl2NO2/c15-10-3-2-9(6-11(10)16)14-17-12-4-1-8(7-18)5-13(12)19-14/h1-7H. The summed E-state index contributed by atoms with van der Waals surface area (Å²) in [6.45, 7) is 0. The number of fused-ring (bicyclic) bond motifs is 1. The first-order valence-corrected chi connectivity index (χ1v) is 6.24. The maximum atomic E-state index is 10.7. The minimum atomic E-state index is 0.440. The molecule has 0 radical (unpaired) electrons. The van der Waals surface area contributed by atoms with Crippen molar-refractivity contribution in [1.82, 2.24) is 4.98 Å². The van der Waals surface area contributed by atoms with Gasteiger partial charge in [-0.15, -0.1) is 0 Å². The van der Waals surface area contributed by atoms with Crippen molar-refractivity contribution < 1.29 is 9.21 Å². The Bertz CT molecular complexity index is 780. The van der Waals surface area contributed by atoms with Crippen molar-refractivity contribution in [2.45, 2.75) is 0 Å². The van der Waals surface area contributed by atoms with Gasteiger partial charge in [0.2, 0.25) is 5.89 Å². The quantitative estimate of drug-likeness (QED) is 0.647. The van der Waals surface area contributed by atoms with E-state index in [-0.39, 0.29) is 0 Å². The van der Waals surface area contributed by atoms with E-state index in [1.165, 1.54) is 0 Å². The molecule has 0 fully saturated rings. The maximum absolute atomic E-state index is 10.7. The summed E-state index contributed by atoms with van der Waals surface area (Å²) in [6.07, 6.45) is 0.765. The molecule has 19 heavy (non-hydrogen) atoms. The lowest BCUT2D eigenvalue weighted by molar-refractivity contribution is 0.112. The number of benzene rings is 2. The van der Waals surface area contributed by atoms with Crippen LogP contribution in [0, 0.1) is 0 Å². The molecule has 2 aromatic carbocycles. The van der Waals surface area contributed by atoms with Crippen LogP contribution < -0.4 is 0 Å². The van der Waals surface area contributed by atoms with Gasteiger partial charge < -0.3 is 4.42 Å². The molecule has 0 spiro atoms. The number of carbonyl (C=O) groups is 1. The van der Waals surface area contributed by atoms with Crippen molar-refractivity contribution in [1.29, 1.82) is 0 Å². The SMILES string of the molecule is O=Cc1ccc2nc(-c3ccc(Cl)c(Cl)c3)oc2c1. The third-order valence-electron chi connectivity index (χ3n) is 2.72. The molecule has 3 rings (SSSR count). The van der Waals surface area contributed by atoms with Crippen LogP contribution >= 0.6 is 23.2 Å². The summed E-state index contributed by atoms with van der Waals surface area (Å²) >= 11 is 11.8. The summed E-state index contributed by atoms with van der Waals surface area (Å²) in [6, 6.07) is 10.2. The molecule has 94 valence electrons. The third-order valence-corrected chi connectivity index (χ3v) is 3.45. The number of aldehydes is 1. The summed E-state index contributed by atoms with van der Waals surface area (Å²) in [4.78, 5) is 15.1. The number of nitrogens with zero attached hydrogens (tertiary/aromatic N) is 1. The molecule has 5 heteroatoms. The smallest absolute Gasteiger partial charge is 0.227 e. The van der Waals surface area contributed by atoms with Gasteiger partial charge in [-0.1, -0.05) is 23.2 Å². The highest BCUT2D eigenvalue weighted by Gasteiger charge is 2.10. The van der Waals surface area contributed by atoms with Gasteiger partial charge in [0.15, 0.2) is 5.58 Å². The summed E-state index contributed by atoms with van der Waals surface area (Å²) in [5, 5.41) is 0.916. The Hall–Kier alpha value is -1.84. The highest BCUT2D eigenvalue weighted by atomic mass is 35.5. The largest absolute Gasteiger partial charge is 0.436 e. The number of hydrogen-bond donors (Lipinski definition) is 0. The normalized spacial score (nSPS) is 10.8. The molecular formula is C14H7Cl2NO2. The van der Waals surface area contributed by atoms with Crippen molar-refractivity contribution in [3.63, 3.8) is 0 Å². The Morgan fingerprint density at radius 2 is 1.89 bits per heavy atom. The summed E-state index contributed by atoms with van der Waals surface area (Å²) in [7, 11) is 0. The number of rotatable bonds is 2. The second kappa shape index (κ2) is 4.68. The molecule has 0 saturated carbocycles. The number of carbonyl (C=O) groups excluding carboxylic acids is 1. The van der Waals surface area contributed by atoms with E-state index in [2.05, 4.69) is 4.98 Å². The fourth-order valence-corrected chi connectivity index (χ4v) is 2.07. The van der Waals surface area contributed by atoms with E-state index in [1.807, 2.05) is 0 Å². The van der Waals surface area contributed by atoms with Crippen molar-refractivity contribution in [3.8, 4) is 11.5 Å². The first kappa shape index (κ1) is 12.2. The van der Waals surface area contributed by atoms with Crippen molar-refractivity contribution in [2.75, 3.05) is 0 Å². The van der Waals surface area contributed by atoms with E-state index in [1.54, 1.807) is 36.4 Å². The van der Waals surface area contributed by atoms with Crippen LogP contribution in [0.3, 0.4) is 0 Å². The van der Waals surface area contributed by atoms with Crippen LogP contribution in [-0.2, 0) is 0 Å². The lowest BCUT2D eigenvalue weighted by Gasteiger charge is -1.97. The molecule has 0 saturated heterocycles. The first-order valence-electron chi connectivity index (χ1n) is 5.48. The van der Waals surface area contributed by atoms with Gasteiger partial charge in [-0.25, -0.2) is 4.98 Å². The predicted molar refractivity (Wildman–Crippen MR) is 74.9 cm³/mol. The highest BCUT2D eigenvalue weighted by molar-refractivity contribution is 6.42. The van der Waals surface area contributed by atoms with Crippen LogP contribution in [-0.4, -0.2) is 11.3 Å². The topological polar surface area (TPSA) is 43.1 Å². The van der Waals surface area contributed by atoms with Gasteiger partial charge in [-0.2, -0.15) is 0 Å². The summed E-state index contributed by atoms with van der Waals surface area (Å²) < 4.78 is 5.62. The molecule has 0 bridgehead atoms. The van der Waals surface area contributed by atoms with Gasteiger partial charge in [0.1, 0.15) is 11.8 Å². The fourth-order valence-electron chi connectivity index (χ4n) is 1.77.